The van der Waals surface area contributed by atoms with Crippen molar-refractivity contribution in [3.63, 3.8) is 0 Å². The molecule has 0 bridgehead atoms. The predicted molar refractivity (Wildman–Crippen MR) is 44.3 cm³/mol. The van der Waals surface area contributed by atoms with Gasteiger partial charge in [-0.3, -0.25) is 0 Å². The fraction of sp³-hybridized carbons (Fsp3) is 0.200. The van der Waals surface area contributed by atoms with Crippen LogP contribution in [0.15, 0.2) is 0 Å². The second-order valence-corrected chi connectivity index (χ2v) is 4.25. The lowest BCUT2D eigenvalue weighted by Gasteiger charge is -1.74. The topological polar surface area (TPSA) is 36.7 Å². The van der Waals surface area contributed by atoms with E-state index in [1.807, 2.05) is 6.92 Å². The van der Waals surface area contributed by atoms with Crippen LogP contribution in [0.4, 0.5) is 0 Å². The van der Waals surface area contributed by atoms with Gasteiger partial charge in [0.25, 0.3) is 0 Å². The summed E-state index contributed by atoms with van der Waals surface area (Å²) in [6, 6.07) is 2.07. The minimum atomic E-state index is 0.722. The number of hydrogen-bond acceptors (Lipinski definition) is 3. The van der Waals surface area contributed by atoms with Crippen LogP contribution >= 0.6 is 33.9 Å². The highest BCUT2D eigenvalue weighted by molar-refractivity contribution is 14.1. The molecular formula is C5H3IN2S. The van der Waals surface area contributed by atoms with Gasteiger partial charge in [0, 0.05) is 0 Å². The van der Waals surface area contributed by atoms with E-state index in [2.05, 4.69) is 33.6 Å². The highest BCUT2D eigenvalue weighted by Crippen LogP contribution is 2.17. The quantitative estimate of drug-likeness (QED) is 0.659. The predicted octanol–water partition coefficient (Wildman–Crippen LogP) is 1.93. The second kappa shape index (κ2) is 2.62. The molecule has 1 rings (SSSR count). The summed E-state index contributed by atoms with van der Waals surface area (Å²) in [5, 5.41) is 8.45. The van der Waals surface area contributed by atoms with E-state index >= 15 is 0 Å². The Morgan fingerprint density at radius 2 is 2.44 bits per heavy atom. The Morgan fingerprint density at radius 3 is 2.67 bits per heavy atom. The van der Waals surface area contributed by atoms with E-state index in [9.17, 15) is 0 Å². The van der Waals surface area contributed by atoms with E-state index in [-0.39, 0.29) is 0 Å². The smallest absolute Gasteiger partial charge is 0.155 e. The molecule has 2 nitrogen and oxygen atoms in total. The molecule has 0 radical (unpaired) electrons. The van der Waals surface area contributed by atoms with Gasteiger partial charge in [0.15, 0.2) is 3.01 Å². The van der Waals surface area contributed by atoms with Crippen molar-refractivity contribution < 1.29 is 0 Å². The molecule has 0 fully saturated rings. The van der Waals surface area contributed by atoms with Crippen LogP contribution in [0.2, 0.25) is 0 Å². The summed E-state index contributed by atoms with van der Waals surface area (Å²) in [5.74, 6) is 0. The fourth-order valence-corrected chi connectivity index (χ4v) is 2.08. The molecule has 0 saturated heterocycles. The van der Waals surface area contributed by atoms with Crippen molar-refractivity contribution in [3.8, 4) is 6.07 Å². The van der Waals surface area contributed by atoms with E-state index in [1.165, 1.54) is 11.3 Å². The molecule has 0 spiro atoms. The van der Waals surface area contributed by atoms with Crippen LogP contribution < -0.4 is 0 Å². The summed E-state index contributed by atoms with van der Waals surface area (Å²) in [5.41, 5.74) is 0.840. The van der Waals surface area contributed by atoms with Crippen LogP contribution in [0, 0.1) is 21.3 Å². The fourth-order valence-electron chi connectivity index (χ4n) is 0.467. The number of aromatic nitrogens is 1. The van der Waals surface area contributed by atoms with Crippen molar-refractivity contribution in [2.75, 3.05) is 0 Å². The van der Waals surface area contributed by atoms with E-state index in [0.29, 0.717) is 0 Å². The number of hydrogen-bond donors (Lipinski definition) is 0. The van der Waals surface area contributed by atoms with Crippen molar-refractivity contribution in [3.05, 3.63) is 13.6 Å². The number of thiazole rings is 1. The zero-order valence-electron chi connectivity index (χ0n) is 4.68. The van der Waals surface area contributed by atoms with Gasteiger partial charge in [-0.1, -0.05) is 11.3 Å². The summed E-state index contributed by atoms with van der Waals surface area (Å²) < 4.78 is 0.932. The second-order valence-electron chi connectivity index (χ2n) is 1.49. The Balaban J connectivity index is 3.20. The van der Waals surface area contributed by atoms with Gasteiger partial charge in [0.05, 0.1) is 5.69 Å². The number of nitriles is 1. The monoisotopic (exact) mass is 250 g/mol. The SMILES string of the molecule is Cc1nc(I)sc1C#N. The average molecular weight is 250 g/mol. The Labute approximate surface area is 70.7 Å². The standard InChI is InChI=1S/C5H3IN2S/c1-3-4(2-7)9-5(6)8-3/h1H3. The zero-order chi connectivity index (χ0) is 6.85. The van der Waals surface area contributed by atoms with E-state index < -0.39 is 0 Å². The summed E-state index contributed by atoms with van der Waals surface area (Å²) in [4.78, 5) is 4.79. The lowest BCUT2D eigenvalue weighted by Crippen LogP contribution is -1.72. The molecule has 9 heavy (non-hydrogen) atoms. The maximum Gasteiger partial charge on any atom is 0.155 e. The third-order valence-electron chi connectivity index (χ3n) is 0.872. The Kier molecular flexibility index (Phi) is 2.03. The van der Waals surface area contributed by atoms with E-state index in [0.717, 1.165) is 13.6 Å². The molecule has 0 aliphatic rings. The zero-order valence-corrected chi connectivity index (χ0v) is 7.65. The highest BCUT2D eigenvalue weighted by Gasteiger charge is 2.01. The summed E-state index contributed by atoms with van der Waals surface area (Å²) in [6.07, 6.45) is 0. The van der Waals surface area contributed by atoms with E-state index in [4.69, 9.17) is 5.26 Å². The average Bonchev–Trinajstić information content (AvgIpc) is 2.10. The molecular weight excluding hydrogens is 247 g/mol. The third-order valence-corrected chi connectivity index (χ3v) is 2.62. The molecule has 0 aromatic carbocycles. The van der Waals surface area contributed by atoms with Gasteiger partial charge in [-0.15, -0.1) is 0 Å². The van der Waals surface area contributed by atoms with Crippen LogP contribution in [-0.4, -0.2) is 4.98 Å². The molecule has 46 valence electrons. The van der Waals surface area contributed by atoms with Gasteiger partial charge in [-0.2, -0.15) is 5.26 Å². The molecule has 0 amide bonds. The third kappa shape index (κ3) is 1.40. The Morgan fingerprint density at radius 1 is 1.78 bits per heavy atom. The summed E-state index contributed by atoms with van der Waals surface area (Å²) in [6.45, 7) is 1.84. The lowest BCUT2D eigenvalue weighted by atomic mass is 10.4. The van der Waals surface area contributed by atoms with Crippen molar-refractivity contribution in [1.82, 2.24) is 4.98 Å². The first-order valence-corrected chi connectivity index (χ1v) is 4.16. The first-order chi connectivity index (χ1) is 4.24. The van der Waals surface area contributed by atoms with Gasteiger partial charge < -0.3 is 0 Å². The van der Waals surface area contributed by atoms with E-state index in [1.54, 1.807) is 0 Å². The normalized spacial score (nSPS) is 9.00. The molecule has 0 saturated carbocycles. The molecule has 0 atom stereocenters. The summed E-state index contributed by atoms with van der Waals surface area (Å²) >= 11 is 3.53. The van der Waals surface area contributed by atoms with Crippen LogP contribution in [0.1, 0.15) is 10.6 Å². The molecule has 1 aromatic rings. The first-order valence-electron chi connectivity index (χ1n) is 2.27. The molecule has 0 N–H and O–H groups in total. The largest absolute Gasteiger partial charge is 0.234 e. The highest BCUT2D eigenvalue weighted by atomic mass is 127. The number of rotatable bonds is 0. The molecule has 0 aliphatic carbocycles. The van der Waals surface area contributed by atoms with Gasteiger partial charge in [-0.05, 0) is 29.5 Å². The van der Waals surface area contributed by atoms with Gasteiger partial charge in [-0.25, -0.2) is 4.98 Å². The van der Waals surface area contributed by atoms with Crippen molar-refractivity contribution in [2.45, 2.75) is 6.92 Å². The Hall–Kier alpha value is -0.150. The molecule has 1 aromatic heterocycles. The van der Waals surface area contributed by atoms with Crippen molar-refractivity contribution >= 4 is 33.9 Å². The maximum absolute atomic E-state index is 8.45. The van der Waals surface area contributed by atoms with Crippen LogP contribution in [0.25, 0.3) is 0 Å². The first kappa shape index (κ1) is 6.96. The van der Waals surface area contributed by atoms with Crippen LogP contribution in [0.5, 0.6) is 0 Å². The minimum absolute atomic E-state index is 0.722. The van der Waals surface area contributed by atoms with Crippen LogP contribution in [0.3, 0.4) is 0 Å². The number of nitrogens with zero attached hydrogens (tertiary/aromatic N) is 2. The minimum Gasteiger partial charge on any atom is -0.234 e. The van der Waals surface area contributed by atoms with Crippen molar-refractivity contribution in [1.29, 1.82) is 5.26 Å². The summed E-state index contributed by atoms with van der Waals surface area (Å²) in [7, 11) is 0. The number of halogens is 1. The maximum atomic E-state index is 8.45. The van der Waals surface area contributed by atoms with Gasteiger partial charge >= 0.3 is 0 Å². The van der Waals surface area contributed by atoms with Gasteiger partial charge in [0.2, 0.25) is 0 Å². The Bertz CT molecular complexity index is 260. The molecule has 1 heterocycles. The number of aryl methyl sites for hydroxylation is 1. The van der Waals surface area contributed by atoms with Gasteiger partial charge in [0.1, 0.15) is 10.9 Å². The molecule has 0 aliphatic heterocycles. The van der Waals surface area contributed by atoms with Crippen LogP contribution in [-0.2, 0) is 0 Å². The van der Waals surface area contributed by atoms with Crippen molar-refractivity contribution in [2.24, 2.45) is 0 Å². The molecule has 0 unspecified atom stereocenters. The lowest BCUT2D eigenvalue weighted by molar-refractivity contribution is 1.23. The molecule has 4 heteroatoms.